The molecule has 0 heterocycles. The standard InChI is InChI=1S/Ca.K.Mg.H5PSi.5H/c;;;1-2;;;;;/h;;;1H2,2H3;;;;;/q+2;+1;+2;;5*-1. The van der Waals surface area contributed by atoms with Crippen LogP contribution in [-0.2, 0) is 0 Å². The molecule has 1 atom stereocenters. The Labute approximate surface area is 134 Å². The fourth-order valence-electron chi connectivity index (χ4n) is 0. The molecule has 0 saturated heterocycles. The molecule has 5 heavy (non-hydrogen) atoms. The van der Waals surface area contributed by atoms with Crippen molar-refractivity contribution >= 4 is 79.5 Å². The fraction of sp³-hybridized carbons (Fsp3) is 0. The van der Waals surface area contributed by atoms with Crippen LogP contribution in [-0.4, -0.2) is 70.7 Å². The van der Waals surface area contributed by atoms with Crippen molar-refractivity contribution in [2.75, 3.05) is 0 Å². The summed E-state index contributed by atoms with van der Waals surface area (Å²) in [5, 5.41) is 0. The second kappa shape index (κ2) is 23.9. The van der Waals surface area contributed by atoms with Crippen LogP contribution < -0.4 is 51.4 Å². The first-order chi connectivity index (χ1) is 1.00. The Balaban J connectivity index is -0.000000000179. The van der Waals surface area contributed by atoms with Gasteiger partial charge in [-0.3, -0.25) is 0 Å². The van der Waals surface area contributed by atoms with Crippen LogP contribution in [0.1, 0.15) is 7.13 Å². The molecule has 0 bridgehead atoms. The van der Waals surface area contributed by atoms with Crippen molar-refractivity contribution in [3.63, 3.8) is 0 Å². The van der Waals surface area contributed by atoms with Crippen molar-refractivity contribution in [2.24, 2.45) is 0 Å². The molecule has 0 rings (SSSR count). The Morgan fingerprint density at radius 3 is 1.40 bits per heavy atom. The first kappa shape index (κ1) is 22.8. The van der Waals surface area contributed by atoms with Gasteiger partial charge in [-0.05, 0) is 0 Å². The maximum atomic E-state index is 2.56. The molecule has 0 aliphatic carbocycles. The quantitative estimate of drug-likeness (QED) is 0.258. The smallest absolute Gasteiger partial charge is 1.00 e. The first-order valence-electron chi connectivity index (χ1n) is 0.577. The van der Waals surface area contributed by atoms with E-state index in [1.54, 1.807) is 0 Å². The van der Waals surface area contributed by atoms with E-state index in [-0.39, 0.29) is 119 Å². The predicted molar refractivity (Wildman–Crippen MR) is 36.7 cm³/mol. The Bertz CT molecular complexity index is 21.6. The van der Waals surface area contributed by atoms with Gasteiger partial charge in [-0.2, -0.15) is 8.79 Å². The van der Waals surface area contributed by atoms with Crippen molar-refractivity contribution in [1.82, 2.24) is 0 Å². The van der Waals surface area contributed by atoms with Gasteiger partial charge in [-0.1, -0.05) is 0 Å². The monoisotopic (exact) mass is 172 g/mol. The van der Waals surface area contributed by atoms with Gasteiger partial charge in [0, 0.05) is 9.91 Å². The van der Waals surface area contributed by atoms with E-state index in [2.05, 4.69) is 8.79 Å². The molecular formula is H10CaKMgPSi. The van der Waals surface area contributed by atoms with E-state index in [9.17, 15) is 0 Å². The van der Waals surface area contributed by atoms with Gasteiger partial charge in [0.05, 0.1) is 0 Å². The van der Waals surface area contributed by atoms with Crippen molar-refractivity contribution in [2.45, 2.75) is 0 Å². The summed E-state index contributed by atoms with van der Waals surface area (Å²) in [5.74, 6) is 0. The van der Waals surface area contributed by atoms with E-state index in [1.807, 2.05) is 0 Å². The van der Waals surface area contributed by atoms with Gasteiger partial charge in [0.1, 0.15) is 0 Å². The van der Waals surface area contributed by atoms with E-state index in [1.165, 1.54) is 9.91 Å². The molecule has 0 aromatic heterocycles. The molecule has 1 unspecified atom stereocenters. The van der Waals surface area contributed by atoms with Crippen LogP contribution in [0.2, 0.25) is 0 Å². The minimum absolute atomic E-state index is 0. The molecular weight excluding hydrogens is 163 g/mol. The topological polar surface area (TPSA) is 0 Å². The van der Waals surface area contributed by atoms with Gasteiger partial charge in [0.25, 0.3) is 0 Å². The van der Waals surface area contributed by atoms with Crippen LogP contribution in [0.15, 0.2) is 0 Å². The van der Waals surface area contributed by atoms with Gasteiger partial charge in [-0.15, -0.1) is 0 Å². The third kappa shape index (κ3) is 17.8. The second-order valence-corrected chi connectivity index (χ2v) is 0. The summed E-state index contributed by atoms with van der Waals surface area (Å²) in [7, 11) is 3.78. The maximum Gasteiger partial charge on any atom is 2.00 e. The molecule has 0 saturated carbocycles. The molecule has 0 spiro atoms. The summed E-state index contributed by atoms with van der Waals surface area (Å²) in [4.78, 5) is 0. The summed E-state index contributed by atoms with van der Waals surface area (Å²) in [6.07, 6.45) is 0. The van der Waals surface area contributed by atoms with Crippen LogP contribution in [0.3, 0.4) is 0 Å². The van der Waals surface area contributed by atoms with Crippen LogP contribution in [0, 0.1) is 0 Å². The zero-order valence-corrected chi connectivity index (χ0v) is 13.9. The summed E-state index contributed by atoms with van der Waals surface area (Å²) < 4.78 is 0. The summed E-state index contributed by atoms with van der Waals surface area (Å²) >= 11 is 0. The van der Waals surface area contributed by atoms with Crippen molar-refractivity contribution in [1.29, 1.82) is 0 Å². The average Bonchev–Trinajstić information content (AvgIpc) is 1.00. The molecule has 0 aliphatic heterocycles. The molecule has 0 aliphatic rings. The second-order valence-electron chi connectivity index (χ2n) is 0. The van der Waals surface area contributed by atoms with Crippen LogP contribution in [0.5, 0.6) is 0 Å². The average molecular weight is 173 g/mol. The molecule has 0 fully saturated rings. The number of rotatable bonds is 0. The minimum atomic E-state index is 0. The van der Waals surface area contributed by atoms with E-state index in [0.29, 0.717) is 0 Å². The summed E-state index contributed by atoms with van der Waals surface area (Å²) in [6.45, 7) is 0. The van der Waals surface area contributed by atoms with Crippen molar-refractivity contribution in [3.05, 3.63) is 0 Å². The fourth-order valence-corrected chi connectivity index (χ4v) is 0. The Morgan fingerprint density at radius 2 is 1.40 bits per heavy atom. The van der Waals surface area contributed by atoms with Gasteiger partial charge < -0.3 is 7.13 Å². The minimum Gasteiger partial charge on any atom is -1.00 e. The van der Waals surface area contributed by atoms with Crippen LogP contribution >= 0.6 is 8.79 Å². The number of hydrogen-bond donors (Lipinski definition) is 0. The number of hydrogen-bond acceptors (Lipinski definition) is 0. The molecule has 0 radical (unpaired) electrons. The van der Waals surface area contributed by atoms with Crippen LogP contribution in [0.4, 0.5) is 0 Å². The third-order valence-corrected chi connectivity index (χ3v) is 0. The maximum absolute atomic E-state index is 2.56. The largest absolute Gasteiger partial charge is 2.00 e. The summed E-state index contributed by atoms with van der Waals surface area (Å²) in [5.41, 5.74) is 0. The molecule has 0 amide bonds. The van der Waals surface area contributed by atoms with Crippen molar-refractivity contribution in [3.8, 4) is 0 Å². The zero-order chi connectivity index (χ0) is 2.00. The Hall–Kier alpha value is 4.31. The third-order valence-electron chi connectivity index (χ3n) is 0. The molecule has 0 aromatic carbocycles. The molecule has 0 N–H and O–H groups in total. The Kier molecular flexibility index (Phi) is 109. The summed E-state index contributed by atoms with van der Waals surface area (Å²) in [6, 6.07) is 0. The zero-order valence-electron chi connectivity index (χ0n) is 8.99. The molecule has 0 aromatic rings. The van der Waals surface area contributed by atoms with Crippen LogP contribution in [0.25, 0.3) is 0 Å². The Morgan fingerprint density at radius 1 is 1.40 bits per heavy atom. The van der Waals surface area contributed by atoms with E-state index >= 15 is 0 Å². The molecule has 5 heteroatoms. The van der Waals surface area contributed by atoms with Gasteiger partial charge in [0.15, 0.2) is 0 Å². The first-order valence-corrected chi connectivity index (χ1v) is 5.20. The van der Waals surface area contributed by atoms with E-state index in [0.717, 1.165) is 0 Å². The molecule has 24 valence electrons. The normalized spacial score (nSPS) is 1.80. The molecule has 0 nitrogen and oxygen atoms in total. The van der Waals surface area contributed by atoms with Gasteiger partial charge >= 0.3 is 112 Å². The predicted octanol–water partition coefficient (Wildman–Crippen LogP) is -4.05. The SMILES string of the molecule is [Ca+2].[H-].[H-].[H-].[H-].[H-].[K+].[Mg+2].[SiH3]P. The van der Waals surface area contributed by atoms with Gasteiger partial charge in [-0.25, -0.2) is 0 Å². The van der Waals surface area contributed by atoms with E-state index < -0.39 is 0 Å². The van der Waals surface area contributed by atoms with Crippen molar-refractivity contribution < 1.29 is 58.5 Å². The van der Waals surface area contributed by atoms with E-state index in [4.69, 9.17) is 0 Å². The van der Waals surface area contributed by atoms with Gasteiger partial charge in [0.2, 0.25) is 0 Å².